The molecule has 8 nitrogen and oxygen atoms in total. The second kappa shape index (κ2) is 8.88. The molecule has 5 rings (SSSR count). The molecule has 0 bridgehead atoms. The smallest absolute Gasteiger partial charge is 0.231 e. The lowest BCUT2D eigenvalue weighted by molar-refractivity contribution is 0.174. The van der Waals surface area contributed by atoms with Crippen LogP contribution in [0.4, 0.5) is 21.7 Å². The van der Waals surface area contributed by atoms with Gasteiger partial charge in [-0.05, 0) is 35.4 Å². The third kappa shape index (κ3) is 4.38. The van der Waals surface area contributed by atoms with Gasteiger partial charge in [0.2, 0.25) is 6.79 Å². The average Bonchev–Trinajstić information content (AvgIpc) is 3.28. The zero-order valence-electron chi connectivity index (χ0n) is 17.6. The number of hydrogen-bond acceptors (Lipinski definition) is 8. The second-order valence-corrected chi connectivity index (χ2v) is 7.89. The average molecular weight is 436 g/mol. The fourth-order valence-corrected chi connectivity index (χ4v) is 3.98. The van der Waals surface area contributed by atoms with Crippen molar-refractivity contribution in [2.75, 3.05) is 48.9 Å². The Morgan fingerprint density at radius 1 is 0.938 bits per heavy atom. The minimum Gasteiger partial charge on any atom is -0.454 e. The molecular weight excluding hydrogens is 411 g/mol. The number of aromatic nitrogens is 2. The number of nitrogens with two attached hydrogens (primary N) is 1. The van der Waals surface area contributed by atoms with E-state index in [1.165, 1.54) is 24.0 Å². The van der Waals surface area contributed by atoms with Crippen molar-refractivity contribution in [2.45, 2.75) is 13.1 Å². The van der Waals surface area contributed by atoms with E-state index in [2.05, 4.69) is 37.2 Å². The minimum absolute atomic E-state index is 0.254. The van der Waals surface area contributed by atoms with E-state index in [-0.39, 0.29) is 5.82 Å². The molecule has 32 heavy (non-hydrogen) atoms. The number of piperazine rings is 1. The van der Waals surface area contributed by atoms with E-state index >= 15 is 0 Å². The largest absolute Gasteiger partial charge is 0.454 e. The summed E-state index contributed by atoms with van der Waals surface area (Å²) >= 11 is 0. The molecule has 1 fully saturated rings. The van der Waals surface area contributed by atoms with Gasteiger partial charge in [-0.15, -0.1) is 0 Å². The quantitative estimate of drug-likeness (QED) is 0.610. The molecule has 2 aliphatic rings. The van der Waals surface area contributed by atoms with Gasteiger partial charge in [0, 0.05) is 39.3 Å². The van der Waals surface area contributed by atoms with Crippen LogP contribution in [0.5, 0.6) is 11.5 Å². The number of fused-ring (bicyclic) bond motifs is 1. The first-order chi connectivity index (χ1) is 15.7. The molecule has 1 aromatic heterocycles. The number of nitrogen functional groups attached to an aromatic ring is 1. The van der Waals surface area contributed by atoms with Gasteiger partial charge < -0.3 is 25.4 Å². The van der Waals surface area contributed by atoms with Crippen molar-refractivity contribution in [1.29, 1.82) is 0 Å². The van der Waals surface area contributed by atoms with E-state index in [4.69, 9.17) is 15.2 Å². The zero-order valence-corrected chi connectivity index (χ0v) is 17.6. The summed E-state index contributed by atoms with van der Waals surface area (Å²) in [6.07, 6.45) is 1.53. The molecule has 2 aliphatic heterocycles. The van der Waals surface area contributed by atoms with Crippen LogP contribution >= 0.6 is 0 Å². The van der Waals surface area contributed by atoms with Crippen molar-refractivity contribution in [3.8, 4) is 11.5 Å². The molecular formula is C23H25FN6O2. The lowest BCUT2D eigenvalue weighted by Gasteiger charge is -2.36. The Balaban J connectivity index is 1.19. The van der Waals surface area contributed by atoms with Crippen molar-refractivity contribution in [2.24, 2.45) is 0 Å². The van der Waals surface area contributed by atoms with E-state index in [0.717, 1.165) is 55.6 Å². The number of hydrogen-bond donors (Lipinski definition) is 2. The van der Waals surface area contributed by atoms with E-state index in [1.54, 1.807) is 12.1 Å². The molecule has 0 saturated carbocycles. The number of nitrogens with one attached hydrogen (secondary N) is 1. The Labute approximate surface area is 185 Å². The van der Waals surface area contributed by atoms with Gasteiger partial charge in [-0.2, -0.15) is 0 Å². The molecule has 0 unspecified atom stereocenters. The molecule has 0 atom stereocenters. The van der Waals surface area contributed by atoms with Crippen molar-refractivity contribution in [3.05, 3.63) is 65.7 Å². The summed E-state index contributed by atoms with van der Waals surface area (Å²) in [6.45, 7) is 5.09. The van der Waals surface area contributed by atoms with Crippen LogP contribution in [0, 0.1) is 5.82 Å². The van der Waals surface area contributed by atoms with Gasteiger partial charge in [-0.1, -0.05) is 18.2 Å². The van der Waals surface area contributed by atoms with Gasteiger partial charge in [0.05, 0.1) is 0 Å². The van der Waals surface area contributed by atoms with Crippen LogP contribution in [0.3, 0.4) is 0 Å². The summed E-state index contributed by atoms with van der Waals surface area (Å²) in [5, 5.41) is 3.23. The third-order valence-electron chi connectivity index (χ3n) is 5.75. The fourth-order valence-electron chi connectivity index (χ4n) is 3.98. The Kier molecular flexibility index (Phi) is 5.64. The predicted octanol–water partition coefficient (Wildman–Crippen LogP) is 2.86. The topological polar surface area (TPSA) is 88.8 Å². The van der Waals surface area contributed by atoms with Gasteiger partial charge in [0.15, 0.2) is 23.1 Å². The molecule has 0 radical (unpaired) electrons. The Bertz CT molecular complexity index is 1090. The van der Waals surface area contributed by atoms with Crippen LogP contribution in [-0.2, 0) is 13.1 Å². The molecule has 0 aliphatic carbocycles. The SMILES string of the molecule is Nc1c(NCc2ccc(F)cc2)ncnc1N1CCN(Cc2ccc3c(c2)OCO3)CC1. The summed E-state index contributed by atoms with van der Waals surface area (Å²) in [5.74, 6) is 2.69. The van der Waals surface area contributed by atoms with E-state index in [1.807, 2.05) is 6.07 Å². The van der Waals surface area contributed by atoms with E-state index in [9.17, 15) is 4.39 Å². The Morgan fingerprint density at radius 3 is 2.50 bits per heavy atom. The highest BCUT2D eigenvalue weighted by molar-refractivity contribution is 5.75. The molecule has 9 heteroatoms. The van der Waals surface area contributed by atoms with Crippen LogP contribution in [0.25, 0.3) is 0 Å². The fraction of sp³-hybridized carbons (Fsp3) is 0.304. The first-order valence-electron chi connectivity index (χ1n) is 10.6. The first kappa shape index (κ1) is 20.3. The minimum atomic E-state index is -0.254. The van der Waals surface area contributed by atoms with E-state index in [0.29, 0.717) is 24.8 Å². The highest BCUT2D eigenvalue weighted by Crippen LogP contribution is 2.33. The van der Waals surface area contributed by atoms with Gasteiger partial charge in [0.1, 0.15) is 17.8 Å². The molecule has 3 heterocycles. The van der Waals surface area contributed by atoms with Gasteiger partial charge in [-0.25, -0.2) is 14.4 Å². The highest BCUT2D eigenvalue weighted by Gasteiger charge is 2.22. The summed E-state index contributed by atoms with van der Waals surface area (Å²) in [5.41, 5.74) is 9.06. The maximum atomic E-state index is 13.1. The van der Waals surface area contributed by atoms with Gasteiger partial charge in [-0.3, -0.25) is 4.90 Å². The van der Waals surface area contributed by atoms with Gasteiger partial charge >= 0.3 is 0 Å². The lowest BCUT2D eigenvalue weighted by atomic mass is 10.1. The number of halogens is 1. The highest BCUT2D eigenvalue weighted by atomic mass is 19.1. The van der Waals surface area contributed by atoms with Crippen LogP contribution in [0.2, 0.25) is 0 Å². The Hall–Kier alpha value is -3.59. The summed E-state index contributed by atoms with van der Waals surface area (Å²) in [6, 6.07) is 12.5. The zero-order chi connectivity index (χ0) is 21.9. The second-order valence-electron chi connectivity index (χ2n) is 7.89. The molecule has 2 aromatic carbocycles. The lowest BCUT2D eigenvalue weighted by Crippen LogP contribution is -2.46. The number of benzene rings is 2. The number of rotatable bonds is 6. The summed E-state index contributed by atoms with van der Waals surface area (Å²) < 4.78 is 24.0. The van der Waals surface area contributed by atoms with Gasteiger partial charge in [0.25, 0.3) is 0 Å². The normalized spacial score (nSPS) is 15.7. The molecule has 1 saturated heterocycles. The summed E-state index contributed by atoms with van der Waals surface area (Å²) in [4.78, 5) is 13.3. The molecule has 3 aromatic rings. The summed E-state index contributed by atoms with van der Waals surface area (Å²) in [7, 11) is 0. The Morgan fingerprint density at radius 2 is 1.69 bits per heavy atom. The van der Waals surface area contributed by atoms with Crippen LogP contribution in [0.1, 0.15) is 11.1 Å². The molecule has 0 amide bonds. The standard InChI is InChI=1S/C23H25FN6O2/c24-18-4-1-16(2-5-18)12-26-22-21(25)23(28-14-27-22)30-9-7-29(8-10-30)13-17-3-6-19-20(11-17)32-15-31-19/h1-6,11,14H,7-10,12-13,15,25H2,(H,26,27,28). The van der Waals surface area contributed by atoms with E-state index < -0.39 is 0 Å². The van der Waals surface area contributed by atoms with Crippen molar-refractivity contribution in [3.63, 3.8) is 0 Å². The predicted molar refractivity (Wildman–Crippen MR) is 120 cm³/mol. The first-order valence-corrected chi connectivity index (χ1v) is 10.6. The van der Waals surface area contributed by atoms with Crippen molar-refractivity contribution >= 4 is 17.3 Å². The maximum Gasteiger partial charge on any atom is 0.231 e. The van der Waals surface area contributed by atoms with Crippen molar-refractivity contribution < 1.29 is 13.9 Å². The molecule has 166 valence electrons. The third-order valence-corrected chi connectivity index (χ3v) is 5.75. The van der Waals surface area contributed by atoms with Crippen LogP contribution in [-0.4, -0.2) is 47.8 Å². The molecule has 3 N–H and O–H groups in total. The number of anilines is 3. The van der Waals surface area contributed by atoms with Crippen LogP contribution in [0.15, 0.2) is 48.8 Å². The number of nitrogens with zero attached hydrogens (tertiary/aromatic N) is 4. The number of ether oxygens (including phenoxy) is 2. The van der Waals surface area contributed by atoms with Crippen LogP contribution < -0.4 is 25.4 Å². The monoisotopic (exact) mass is 436 g/mol. The van der Waals surface area contributed by atoms with Crippen molar-refractivity contribution in [1.82, 2.24) is 14.9 Å². The molecule has 0 spiro atoms. The maximum absolute atomic E-state index is 13.1.